The lowest BCUT2D eigenvalue weighted by Gasteiger charge is -2.07. The van der Waals surface area contributed by atoms with E-state index in [-0.39, 0.29) is 0 Å². The largest absolute Gasteiger partial charge is 0.491 e. The van der Waals surface area contributed by atoms with Crippen LogP contribution in [0.1, 0.15) is 12.5 Å². The van der Waals surface area contributed by atoms with Crippen LogP contribution in [-0.4, -0.2) is 17.8 Å². The van der Waals surface area contributed by atoms with Crippen LogP contribution in [0.25, 0.3) is 0 Å². The highest BCUT2D eigenvalue weighted by atomic mass is 16.5. The third-order valence-corrected chi connectivity index (χ3v) is 1.51. The molecule has 1 aromatic carbocycles. The predicted octanol–water partition coefficient (Wildman–Crippen LogP) is 1.75. The summed E-state index contributed by atoms with van der Waals surface area (Å²) in [4.78, 5) is 0. The van der Waals surface area contributed by atoms with Gasteiger partial charge in [0.15, 0.2) is 0 Å². The van der Waals surface area contributed by atoms with Gasteiger partial charge in [-0.1, -0.05) is 17.7 Å². The van der Waals surface area contributed by atoms with Gasteiger partial charge in [-0.05, 0) is 26.0 Å². The number of aliphatic hydroxyl groups excluding tert-OH is 1. The van der Waals surface area contributed by atoms with Crippen molar-refractivity contribution in [3.8, 4) is 5.75 Å². The second kappa shape index (κ2) is 4.12. The monoisotopic (exact) mass is 166 g/mol. The van der Waals surface area contributed by atoms with E-state index in [0.29, 0.717) is 6.61 Å². The Morgan fingerprint density at radius 3 is 2.42 bits per heavy atom. The van der Waals surface area contributed by atoms with Gasteiger partial charge in [-0.3, -0.25) is 0 Å². The zero-order valence-electron chi connectivity index (χ0n) is 7.45. The van der Waals surface area contributed by atoms with E-state index in [4.69, 9.17) is 9.84 Å². The first kappa shape index (κ1) is 9.07. The van der Waals surface area contributed by atoms with Gasteiger partial charge in [-0.25, -0.2) is 0 Å². The van der Waals surface area contributed by atoms with Gasteiger partial charge < -0.3 is 9.84 Å². The average Bonchev–Trinajstić information content (AvgIpc) is 2.03. The van der Waals surface area contributed by atoms with E-state index in [1.165, 1.54) is 5.56 Å². The maximum Gasteiger partial charge on any atom is 0.119 e. The van der Waals surface area contributed by atoms with E-state index in [9.17, 15) is 0 Å². The number of ether oxygens (including phenoxy) is 1. The maximum absolute atomic E-state index is 8.94. The van der Waals surface area contributed by atoms with Gasteiger partial charge in [0.05, 0.1) is 6.10 Å². The van der Waals surface area contributed by atoms with Crippen molar-refractivity contribution in [2.45, 2.75) is 20.0 Å². The third kappa shape index (κ3) is 2.93. The normalized spacial score (nSPS) is 12.6. The predicted molar refractivity (Wildman–Crippen MR) is 48.4 cm³/mol. The lowest BCUT2D eigenvalue weighted by molar-refractivity contribution is 0.122. The highest BCUT2D eigenvalue weighted by Crippen LogP contribution is 2.11. The van der Waals surface area contributed by atoms with Crippen LogP contribution >= 0.6 is 0 Å². The van der Waals surface area contributed by atoms with E-state index in [1.807, 2.05) is 31.2 Å². The van der Waals surface area contributed by atoms with Gasteiger partial charge in [0.2, 0.25) is 0 Å². The van der Waals surface area contributed by atoms with Crippen LogP contribution in [0.2, 0.25) is 0 Å². The van der Waals surface area contributed by atoms with Crippen LogP contribution in [0.4, 0.5) is 0 Å². The first-order valence-electron chi connectivity index (χ1n) is 4.06. The number of aliphatic hydroxyl groups is 1. The third-order valence-electron chi connectivity index (χ3n) is 1.51. The number of hydrogen-bond acceptors (Lipinski definition) is 2. The molecule has 0 radical (unpaired) electrons. The molecule has 66 valence electrons. The van der Waals surface area contributed by atoms with Crippen molar-refractivity contribution in [1.29, 1.82) is 0 Å². The lowest BCUT2D eigenvalue weighted by atomic mass is 10.2. The van der Waals surface area contributed by atoms with Gasteiger partial charge in [0.1, 0.15) is 12.4 Å². The molecule has 0 spiro atoms. The van der Waals surface area contributed by atoms with Gasteiger partial charge in [0.25, 0.3) is 0 Å². The Hall–Kier alpha value is -1.02. The maximum atomic E-state index is 8.94. The molecular formula is C10H14O2. The van der Waals surface area contributed by atoms with E-state index in [0.717, 1.165) is 5.75 Å². The average molecular weight is 166 g/mol. The van der Waals surface area contributed by atoms with E-state index < -0.39 is 6.10 Å². The molecule has 0 aliphatic heterocycles. The summed E-state index contributed by atoms with van der Waals surface area (Å²) in [5, 5.41) is 8.94. The molecule has 0 saturated carbocycles. The summed E-state index contributed by atoms with van der Waals surface area (Å²) >= 11 is 0. The second-order valence-electron chi connectivity index (χ2n) is 2.97. The molecule has 0 heterocycles. The van der Waals surface area contributed by atoms with Gasteiger partial charge >= 0.3 is 0 Å². The van der Waals surface area contributed by atoms with Gasteiger partial charge in [-0.2, -0.15) is 0 Å². The van der Waals surface area contributed by atoms with Gasteiger partial charge in [-0.15, -0.1) is 0 Å². The second-order valence-corrected chi connectivity index (χ2v) is 2.97. The Bertz CT molecular complexity index is 226. The molecule has 0 amide bonds. The molecule has 0 bridgehead atoms. The minimum Gasteiger partial charge on any atom is -0.491 e. The summed E-state index contributed by atoms with van der Waals surface area (Å²) in [5.41, 5.74) is 1.21. The Balaban J connectivity index is 2.48. The Morgan fingerprint density at radius 2 is 1.92 bits per heavy atom. The zero-order valence-corrected chi connectivity index (χ0v) is 7.45. The van der Waals surface area contributed by atoms with Crippen LogP contribution in [0, 0.1) is 6.92 Å². The number of rotatable bonds is 3. The van der Waals surface area contributed by atoms with E-state index in [2.05, 4.69) is 0 Å². The summed E-state index contributed by atoms with van der Waals surface area (Å²) < 4.78 is 5.27. The fourth-order valence-electron chi connectivity index (χ4n) is 0.851. The zero-order chi connectivity index (χ0) is 8.97. The summed E-state index contributed by atoms with van der Waals surface area (Å²) in [5.74, 6) is 0.807. The highest BCUT2D eigenvalue weighted by molar-refractivity contribution is 5.26. The highest BCUT2D eigenvalue weighted by Gasteiger charge is 1.96. The molecule has 2 heteroatoms. The Morgan fingerprint density at radius 1 is 1.33 bits per heavy atom. The molecule has 1 atom stereocenters. The molecule has 1 N–H and O–H groups in total. The molecule has 0 fully saturated rings. The van der Waals surface area contributed by atoms with Gasteiger partial charge in [0, 0.05) is 0 Å². The molecule has 0 aliphatic rings. The topological polar surface area (TPSA) is 29.5 Å². The van der Waals surface area contributed by atoms with Crippen LogP contribution in [0.15, 0.2) is 24.3 Å². The molecule has 0 aromatic heterocycles. The minimum atomic E-state index is -0.411. The minimum absolute atomic E-state index is 0.350. The first-order chi connectivity index (χ1) is 5.68. The quantitative estimate of drug-likeness (QED) is 0.741. The van der Waals surface area contributed by atoms with Crippen molar-refractivity contribution in [2.75, 3.05) is 6.61 Å². The van der Waals surface area contributed by atoms with E-state index in [1.54, 1.807) is 6.92 Å². The van der Waals surface area contributed by atoms with Crippen LogP contribution in [0.3, 0.4) is 0 Å². The van der Waals surface area contributed by atoms with Crippen LogP contribution < -0.4 is 4.74 Å². The number of hydrogen-bond donors (Lipinski definition) is 1. The molecule has 1 rings (SSSR count). The standard InChI is InChI=1S/C10H14O2/c1-8-3-5-10(6-4-8)12-7-9(2)11/h3-6,9,11H,7H2,1-2H3. The molecule has 2 nitrogen and oxygen atoms in total. The summed E-state index contributed by atoms with van der Waals surface area (Å²) in [6.45, 7) is 4.08. The molecule has 1 aromatic rings. The molecule has 0 saturated heterocycles. The van der Waals surface area contributed by atoms with Crippen LogP contribution in [-0.2, 0) is 0 Å². The van der Waals surface area contributed by atoms with Crippen molar-refractivity contribution in [2.24, 2.45) is 0 Å². The SMILES string of the molecule is Cc1ccc(OCC(C)O)cc1. The van der Waals surface area contributed by atoms with E-state index >= 15 is 0 Å². The fraction of sp³-hybridized carbons (Fsp3) is 0.400. The Kier molecular flexibility index (Phi) is 3.11. The number of benzene rings is 1. The summed E-state index contributed by atoms with van der Waals surface area (Å²) in [6.07, 6.45) is -0.411. The van der Waals surface area contributed by atoms with Crippen molar-refractivity contribution in [1.82, 2.24) is 0 Å². The lowest BCUT2D eigenvalue weighted by Crippen LogP contribution is -2.12. The molecule has 1 unspecified atom stereocenters. The molecule has 12 heavy (non-hydrogen) atoms. The Labute approximate surface area is 72.8 Å². The molecule has 0 aliphatic carbocycles. The van der Waals surface area contributed by atoms with Crippen LogP contribution in [0.5, 0.6) is 5.75 Å². The smallest absolute Gasteiger partial charge is 0.119 e. The summed E-state index contributed by atoms with van der Waals surface area (Å²) in [7, 11) is 0. The van der Waals surface area contributed by atoms with Crippen molar-refractivity contribution in [3.05, 3.63) is 29.8 Å². The van der Waals surface area contributed by atoms with Crippen molar-refractivity contribution < 1.29 is 9.84 Å². The van der Waals surface area contributed by atoms with Crippen molar-refractivity contribution >= 4 is 0 Å². The summed E-state index contributed by atoms with van der Waals surface area (Å²) in [6, 6.07) is 7.77. The first-order valence-corrected chi connectivity index (χ1v) is 4.06. The fourth-order valence-corrected chi connectivity index (χ4v) is 0.851. The molecular weight excluding hydrogens is 152 g/mol. The number of aryl methyl sites for hydroxylation is 1. The van der Waals surface area contributed by atoms with Crippen molar-refractivity contribution in [3.63, 3.8) is 0 Å².